The van der Waals surface area contributed by atoms with Crippen molar-refractivity contribution in [3.8, 4) is 0 Å². The minimum absolute atomic E-state index is 0.0220. The van der Waals surface area contributed by atoms with Crippen molar-refractivity contribution in [1.82, 2.24) is 0 Å². The molecule has 0 bridgehead atoms. The molecule has 0 aliphatic carbocycles. The fourth-order valence-electron chi connectivity index (χ4n) is 2.41. The highest BCUT2D eigenvalue weighted by Crippen LogP contribution is 2.19. The molecule has 0 heterocycles. The zero-order chi connectivity index (χ0) is 16.1. The van der Waals surface area contributed by atoms with Crippen molar-refractivity contribution in [2.45, 2.75) is 13.2 Å². The topological polar surface area (TPSA) is 58.6 Å². The first-order valence-electron chi connectivity index (χ1n) is 7.36. The van der Waals surface area contributed by atoms with E-state index in [1.54, 1.807) is 24.3 Å². The number of hydrogen-bond donors (Lipinski definition) is 2. The summed E-state index contributed by atoms with van der Waals surface area (Å²) in [7, 11) is 0. The lowest BCUT2D eigenvalue weighted by Crippen LogP contribution is -2.13. The van der Waals surface area contributed by atoms with Crippen molar-refractivity contribution in [3.05, 3.63) is 77.9 Å². The summed E-state index contributed by atoms with van der Waals surface area (Å²) in [5.74, 6) is 0. The Morgan fingerprint density at radius 1 is 0.957 bits per heavy atom. The molecule has 0 aliphatic rings. The van der Waals surface area contributed by atoms with Crippen molar-refractivity contribution in [1.29, 1.82) is 0 Å². The predicted molar refractivity (Wildman–Crippen MR) is 90.1 cm³/mol. The van der Waals surface area contributed by atoms with E-state index in [1.807, 2.05) is 42.5 Å². The monoisotopic (exact) mass is 307 g/mol. The molecule has 116 valence electrons. The fraction of sp³-hybridized carbons (Fsp3) is 0.105. The molecule has 4 nitrogen and oxygen atoms in total. The smallest absolute Gasteiger partial charge is 0.411 e. The van der Waals surface area contributed by atoms with Crippen molar-refractivity contribution in [2.75, 3.05) is 5.32 Å². The molecule has 0 aliphatic heterocycles. The molecular weight excluding hydrogens is 290 g/mol. The lowest BCUT2D eigenvalue weighted by atomic mass is 10.1. The Labute approximate surface area is 134 Å². The number of ether oxygens (including phenoxy) is 1. The van der Waals surface area contributed by atoms with Gasteiger partial charge in [-0.15, -0.1) is 0 Å². The number of aliphatic hydroxyl groups is 1. The largest absolute Gasteiger partial charge is 0.444 e. The molecule has 0 spiro atoms. The van der Waals surface area contributed by atoms with Gasteiger partial charge < -0.3 is 9.84 Å². The van der Waals surface area contributed by atoms with E-state index in [1.165, 1.54) is 0 Å². The van der Waals surface area contributed by atoms with E-state index in [0.717, 1.165) is 21.9 Å². The third kappa shape index (κ3) is 3.67. The van der Waals surface area contributed by atoms with E-state index in [-0.39, 0.29) is 13.2 Å². The Hall–Kier alpha value is -2.85. The summed E-state index contributed by atoms with van der Waals surface area (Å²) in [6, 6.07) is 20.9. The molecule has 23 heavy (non-hydrogen) atoms. The molecule has 4 heteroatoms. The van der Waals surface area contributed by atoms with Crippen LogP contribution in [0.1, 0.15) is 11.1 Å². The number of fused-ring (bicyclic) bond motifs is 1. The molecule has 3 aromatic carbocycles. The average Bonchev–Trinajstić information content (AvgIpc) is 2.60. The van der Waals surface area contributed by atoms with E-state index < -0.39 is 6.09 Å². The average molecular weight is 307 g/mol. The zero-order valence-electron chi connectivity index (χ0n) is 12.5. The van der Waals surface area contributed by atoms with Crippen LogP contribution in [0.25, 0.3) is 10.8 Å². The van der Waals surface area contributed by atoms with Gasteiger partial charge in [0.05, 0.1) is 6.61 Å². The molecule has 0 unspecified atom stereocenters. The van der Waals surface area contributed by atoms with Gasteiger partial charge in [0.1, 0.15) is 6.61 Å². The Morgan fingerprint density at radius 3 is 2.48 bits per heavy atom. The fourth-order valence-corrected chi connectivity index (χ4v) is 2.41. The summed E-state index contributed by atoms with van der Waals surface area (Å²) in [6.07, 6.45) is -0.505. The van der Waals surface area contributed by atoms with Crippen LogP contribution in [0.3, 0.4) is 0 Å². The number of nitrogens with one attached hydrogen (secondary N) is 1. The molecular formula is C19H17NO3. The second kappa shape index (κ2) is 6.94. The van der Waals surface area contributed by atoms with Crippen LogP contribution >= 0.6 is 0 Å². The summed E-state index contributed by atoms with van der Waals surface area (Å²) in [4.78, 5) is 11.9. The zero-order valence-corrected chi connectivity index (χ0v) is 12.5. The van der Waals surface area contributed by atoms with E-state index in [2.05, 4.69) is 5.32 Å². The van der Waals surface area contributed by atoms with Crippen molar-refractivity contribution >= 4 is 22.6 Å². The molecule has 0 saturated heterocycles. The number of benzene rings is 3. The van der Waals surface area contributed by atoms with Crippen molar-refractivity contribution in [3.63, 3.8) is 0 Å². The maximum Gasteiger partial charge on any atom is 0.411 e. The van der Waals surface area contributed by atoms with Crippen LogP contribution in [-0.2, 0) is 18.0 Å². The first kappa shape index (κ1) is 15.1. The third-order valence-electron chi connectivity index (χ3n) is 3.62. The highest BCUT2D eigenvalue weighted by Gasteiger charge is 2.06. The van der Waals surface area contributed by atoms with Crippen LogP contribution in [0.4, 0.5) is 10.5 Å². The SMILES string of the molecule is O=C(Nc1ccc(CO)cc1)OCc1cccc2ccccc12. The second-order valence-electron chi connectivity index (χ2n) is 5.19. The summed E-state index contributed by atoms with van der Waals surface area (Å²) in [6.45, 7) is 0.188. The van der Waals surface area contributed by atoms with Gasteiger partial charge in [-0.1, -0.05) is 54.6 Å². The lowest BCUT2D eigenvalue weighted by molar-refractivity contribution is 0.155. The van der Waals surface area contributed by atoms with Gasteiger partial charge >= 0.3 is 6.09 Å². The van der Waals surface area contributed by atoms with E-state index >= 15 is 0 Å². The number of amides is 1. The number of anilines is 1. The number of aliphatic hydroxyl groups excluding tert-OH is 1. The molecule has 2 N–H and O–H groups in total. The molecule has 0 atom stereocenters. The van der Waals surface area contributed by atoms with Gasteiger partial charge in [-0.25, -0.2) is 4.79 Å². The van der Waals surface area contributed by atoms with Crippen molar-refractivity contribution in [2.24, 2.45) is 0 Å². The van der Waals surface area contributed by atoms with Crippen LogP contribution < -0.4 is 5.32 Å². The van der Waals surface area contributed by atoms with Crippen LogP contribution in [-0.4, -0.2) is 11.2 Å². The third-order valence-corrected chi connectivity index (χ3v) is 3.62. The molecule has 0 aromatic heterocycles. The summed E-state index contributed by atoms with van der Waals surface area (Å²) in [5.41, 5.74) is 2.39. The number of hydrogen-bond acceptors (Lipinski definition) is 3. The Balaban J connectivity index is 1.63. The first-order valence-corrected chi connectivity index (χ1v) is 7.36. The van der Waals surface area contributed by atoms with E-state index in [9.17, 15) is 4.79 Å². The number of carbonyl (C=O) groups is 1. The van der Waals surface area contributed by atoms with Crippen LogP contribution in [0.15, 0.2) is 66.7 Å². The highest BCUT2D eigenvalue weighted by atomic mass is 16.5. The molecule has 0 fully saturated rings. The molecule has 3 aromatic rings. The standard InChI is InChI=1S/C19H17NO3/c21-12-14-8-10-17(11-9-14)20-19(22)23-13-16-6-3-5-15-4-1-2-7-18(15)16/h1-11,21H,12-13H2,(H,20,22). The van der Waals surface area contributed by atoms with E-state index in [4.69, 9.17) is 9.84 Å². The van der Waals surface area contributed by atoms with Gasteiger partial charge in [0.25, 0.3) is 0 Å². The minimum atomic E-state index is -0.505. The van der Waals surface area contributed by atoms with Gasteiger partial charge in [-0.05, 0) is 34.0 Å². The molecule has 0 radical (unpaired) electrons. The Kier molecular flexibility index (Phi) is 4.54. The van der Waals surface area contributed by atoms with Gasteiger partial charge in [-0.3, -0.25) is 5.32 Å². The summed E-state index contributed by atoms with van der Waals surface area (Å²) < 4.78 is 5.30. The second-order valence-corrected chi connectivity index (χ2v) is 5.19. The normalized spacial score (nSPS) is 10.5. The predicted octanol–water partition coefficient (Wildman–Crippen LogP) is 4.08. The van der Waals surface area contributed by atoms with Crippen LogP contribution in [0.5, 0.6) is 0 Å². The van der Waals surface area contributed by atoms with Gasteiger partial charge in [0.2, 0.25) is 0 Å². The quantitative estimate of drug-likeness (QED) is 0.763. The van der Waals surface area contributed by atoms with Gasteiger partial charge in [0.15, 0.2) is 0 Å². The summed E-state index contributed by atoms with van der Waals surface area (Å²) >= 11 is 0. The Bertz CT molecular complexity index is 807. The lowest BCUT2D eigenvalue weighted by Gasteiger charge is -2.09. The number of rotatable bonds is 4. The maximum atomic E-state index is 11.9. The molecule has 0 saturated carbocycles. The minimum Gasteiger partial charge on any atom is -0.444 e. The van der Waals surface area contributed by atoms with Crippen LogP contribution in [0.2, 0.25) is 0 Å². The highest BCUT2D eigenvalue weighted by molar-refractivity contribution is 5.87. The summed E-state index contributed by atoms with van der Waals surface area (Å²) in [5, 5.41) is 13.9. The Morgan fingerprint density at radius 2 is 1.70 bits per heavy atom. The first-order chi connectivity index (χ1) is 11.3. The van der Waals surface area contributed by atoms with Crippen LogP contribution in [0, 0.1) is 0 Å². The maximum absolute atomic E-state index is 11.9. The molecule has 3 rings (SSSR count). The van der Waals surface area contributed by atoms with Gasteiger partial charge in [0, 0.05) is 5.69 Å². The van der Waals surface area contributed by atoms with Crippen molar-refractivity contribution < 1.29 is 14.6 Å². The van der Waals surface area contributed by atoms with E-state index in [0.29, 0.717) is 5.69 Å². The molecule has 1 amide bonds. The number of carbonyl (C=O) groups excluding carboxylic acids is 1. The van der Waals surface area contributed by atoms with Gasteiger partial charge in [-0.2, -0.15) is 0 Å².